The SMILES string of the molecule is CC(C)C(N)CC(=O)N(C)C(C)c1cc2ccccc2o1. The quantitative estimate of drug-likeness (QED) is 0.918. The second kappa shape index (κ2) is 6.31. The number of benzene rings is 1. The molecule has 0 radical (unpaired) electrons. The van der Waals surface area contributed by atoms with Crippen LogP contribution in [-0.4, -0.2) is 23.9 Å². The molecular formula is C17H24N2O2. The molecule has 21 heavy (non-hydrogen) atoms. The molecular weight excluding hydrogens is 264 g/mol. The summed E-state index contributed by atoms with van der Waals surface area (Å²) in [6.07, 6.45) is 0.360. The van der Waals surface area contributed by atoms with Crippen LogP contribution in [0.25, 0.3) is 11.0 Å². The first-order valence-electron chi connectivity index (χ1n) is 7.40. The number of nitrogens with two attached hydrogens (primary N) is 1. The average Bonchev–Trinajstić information content (AvgIpc) is 2.89. The number of rotatable bonds is 5. The number of para-hydroxylation sites is 1. The van der Waals surface area contributed by atoms with Crippen molar-refractivity contribution in [3.8, 4) is 0 Å². The molecule has 0 aliphatic carbocycles. The molecule has 0 spiro atoms. The maximum absolute atomic E-state index is 12.3. The fourth-order valence-electron chi connectivity index (χ4n) is 2.20. The summed E-state index contributed by atoms with van der Waals surface area (Å²) in [5.74, 6) is 1.14. The van der Waals surface area contributed by atoms with E-state index in [4.69, 9.17) is 10.2 Å². The van der Waals surface area contributed by atoms with Gasteiger partial charge in [0.1, 0.15) is 11.3 Å². The maximum atomic E-state index is 12.3. The highest BCUT2D eigenvalue weighted by Gasteiger charge is 2.23. The molecule has 1 aromatic heterocycles. The minimum Gasteiger partial charge on any atom is -0.459 e. The molecule has 2 unspecified atom stereocenters. The van der Waals surface area contributed by atoms with Gasteiger partial charge in [0, 0.05) is 24.9 Å². The maximum Gasteiger partial charge on any atom is 0.224 e. The van der Waals surface area contributed by atoms with Gasteiger partial charge in [-0.1, -0.05) is 32.0 Å². The summed E-state index contributed by atoms with van der Waals surface area (Å²) in [5, 5.41) is 1.05. The van der Waals surface area contributed by atoms with Crippen molar-refractivity contribution in [1.29, 1.82) is 0 Å². The van der Waals surface area contributed by atoms with E-state index in [2.05, 4.69) is 0 Å². The van der Waals surface area contributed by atoms with Gasteiger partial charge in [0.2, 0.25) is 5.91 Å². The lowest BCUT2D eigenvalue weighted by molar-refractivity contribution is -0.132. The molecule has 1 heterocycles. The Morgan fingerprint density at radius 1 is 1.29 bits per heavy atom. The van der Waals surface area contributed by atoms with Gasteiger partial charge in [0.05, 0.1) is 6.04 Å². The zero-order valence-electron chi connectivity index (χ0n) is 13.2. The number of amides is 1. The van der Waals surface area contributed by atoms with Crippen molar-refractivity contribution in [3.05, 3.63) is 36.1 Å². The van der Waals surface area contributed by atoms with E-state index in [0.717, 1.165) is 16.7 Å². The van der Waals surface area contributed by atoms with Crippen molar-refractivity contribution in [3.63, 3.8) is 0 Å². The Morgan fingerprint density at radius 2 is 1.95 bits per heavy atom. The van der Waals surface area contributed by atoms with Gasteiger partial charge in [-0.3, -0.25) is 4.79 Å². The summed E-state index contributed by atoms with van der Waals surface area (Å²) in [6, 6.07) is 9.63. The first-order valence-corrected chi connectivity index (χ1v) is 7.40. The molecule has 2 rings (SSSR count). The van der Waals surface area contributed by atoms with Crippen molar-refractivity contribution in [2.24, 2.45) is 11.7 Å². The van der Waals surface area contributed by atoms with Crippen LogP contribution >= 0.6 is 0 Å². The summed E-state index contributed by atoms with van der Waals surface area (Å²) >= 11 is 0. The Kier molecular flexibility index (Phi) is 4.68. The second-order valence-electron chi connectivity index (χ2n) is 5.98. The van der Waals surface area contributed by atoms with Crippen LogP contribution in [0.2, 0.25) is 0 Å². The molecule has 0 bridgehead atoms. The molecule has 2 N–H and O–H groups in total. The van der Waals surface area contributed by atoms with E-state index in [-0.39, 0.29) is 18.0 Å². The predicted molar refractivity (Wildman–Crippen MR) is 84.8 cm³/mol. The van der Waals surface area contributed by atoms with Gasteiger partial charge in [0.25, 0.3) is 0 Å². The van der Waals surface area contributed by atoms with Gasteiger partial charge < -0.3 is 15.1 Å². The number of nitrogens with zero attached hydrogens (tertiary/aromatic N) is 1. The third kappa shape index (κ3) is 3.45. The largest absolute Gasteiger partial charge is 0.459 e. The zero-order chi connectivity index (χ0) is 15.6. The Bertz CT molecular complexity index is 585. The fraction of sp³-hybridized carbons (Fsp3) is 0.471. The van der Waals surface area contributed by atoms with E-state index < -0.39 is 0 Å². The normalized spacial score (nSPS) is 14.4. The minimum atomic E-state index is -0.108. The van der Waals surface area contributed by atoms with Crippen LogP contribution in [0.15, 0.2) is 34.7 Å². The molecule has 1 aromatic carbocycles. The van der Waals surface area contributed by atoms with Crippen molar-refractivity contribution in [2.45, 2.75) is 39.3 Å². The van der Waals surface area contributed by atoms with Crippen LogP contribution in [0.4, 0.5) is 0 Å². The highest BCUT2D eigenvalue weighted by Crippen LogP contribution is 2.27. The van der Waals surface area contributed by atoms with Crippen LogP contribution < -0.4 is 5.73 Å². The predicted octanol–water partition coefficient (Wildman–Crippen LogP) is 3.33. The lowest BCUT2D eigenvalue weighted by Crippen LogP contribution is -2.37. The average molecular weight is 288 g/mol. The number of carbonyl (C=O) groups excluding carboxylic acids is 1. The molecule has 2 atom stereocenters. The van der Waals surface area contributed by atoms with E-state index in [1.165, 1.54) is 0 Å². The minimum absolute atomic E-state index is 0.0455. The molecule has 0 fully saturated rings. The molecule has 1 amide bonds. The van der Waals surface area contributed by atoms with E-state index in [9.17, 15) is 4.79 Å². The summed E-state index contributed by atoms with van der Waals surface area (Å²) < 4.78 is 5.83. The second-order valence-corrected chi connectivity index (χ2v) is 5.98. The summed E-state index contributed by atoms with van der Waals surface area (Å²) in [6.45, 7) is 6.03. The Morgan fingerprint density at radius 3 is 2.57 bits per heavy atom. The van der Waals surface area contributed by atoms with Crippen molar-refractivity contribution < 1.29 is 9.21 Å². The third-order valence-corrected chi connectivity index (χ3v) is 4.10. The van der Waals surface area contributed by atoms with Crippen molar-refractivity contribution in [1.82, 2.24) is 4.90 Å². The van der Waals surface area contributed by atoms with Gasteiger partial charge in [0.15, 0.2) is 0 Å². The Hall–Kier alpha value is -1.81. The van der Waals surface area contributed by atoms with Crippen molar-refractivity contribution >= 4 is 16.9 Å². The molecule has 4 heteroatoms. The van der Waals surface area contributed by atoms with Crippen LogP contribution in [-0.2, 0) is 4.79 Å². The zero-order valence-corrected chi connectivity index (χ0v) is 13.2. The molecule has 4 nitrogen and oxygen atoms in total. The van der Waals surface area contributed by atoms with Gasteiger partial charge >= 0.3 is 0 Å². The summed E-state index contributed by atoms with van der Waals surface area (Å²) in [7, 11) is 1.80. The van der Waals surface area contributed by atoms with Crippen LogP contribution in [0.3, 0.4) is 0 Å². The molecule has 0 aliphatic rings. The van der Waals surface area contributed by atoms with Crippen LogP contribution in [0.5, 0.6) is 0 Å². The molecule has 0 aliphatic heterocycles. The topological polar surface area (TPSA) is 59.5 Å². The molecule has 0 saturated carbocycles. The van der Waals surface area contributed by atoms with Crippen LogP contribution in [0, 0.1) is 5.92 Å². The molecule has 2 aromatic rings. The Balaban J connectivity index is 2.11. The van der Waals surface area contributed by atoms with Gasteiger partial charge in [-0.25, -0.2) is 0 Å². The standard InChI is InChI=1S/C17H24N2O2/c1-11(2)14(18)10-17(20)19(4)12(3)16-9-13-7-5-6-8-15(13)21-16/h5-9,11-12,14H,10,18H2,1-4H3. The fourth-order valence-corrected chi connectivity index (χ4v) is 2.20. The first-order chi connectivity index (χ1) is 9.90. The monoisotopic (exact) mass is 288 g/mol. The van der Waals surface area contributed by atoms with Gasteiger partial charge in [-0.05, 0) is 25.0 Å². The van der Waals surface area contributed by atoms with Gasteiger partial charge in [-0.2, -0.15) is 0 Å². The van der Waals surface area contributed by atoms with E-state index >= 15 is 0 Å². The Labute approximate surface area is 125 Å². The highest BCUT2D eigenvalue weighted by atomic mass is 16.3. The number of carbonyl (C=O) groups is 1. The van der Waals surface area contributed by atoms with Crippen molar-refractivity contribution in [2.75, 3.05) is 7.05 Å². The summed E-state index contributed by atoms with van der Waals surface area (Å²) in [5.41, 5.74) is 6.83. The number of hydrogen-bond donors (Lipinski definition) is 1. The summed E-state index contributed by atoms with van der Waals surface area (Å²) in [4.78, 5) is 14.0. The number of hydrogen-bond acceptors (Lipinski definition) is 3. The molecule has 0 saturated heterocycles. The first kappa shape index (κ1) is 15.6. The lowest BCUT2D eigenvalue weighted by atomic mass is 10.0. The smallest absolute Gasteiger partial charge is 0.224 e. The lowest BCUT2D eigenvalue weighted by Gasteiger charge is -2.25. The van der Waals surface area contributed by atoms with Gasteiger partial charge in [-0.15, -0.1) is 0 Å². The number of fused-ring (bicyclic) bond motifs is 1. The molecule has 114 valence electrons. The third-order valence-electron chi connectivity index (χ3n) is 4.10. The van der Waals surface area contributed by atoms with Crippen LogP contribution in [0.1, 0.15) is 39.0 Å². The number of furan rings is 1. The van der Waals surface area contributed by atoms with E-state index in [1.807, 2.05) is 51.1 Å². The van der Waals surface area contributed by atoms with E-state index in [0.29, 0.717) is 12.3 Å². The van der Waals surface area contributed by atoms with E-state index in [1.54, 1.807) is 11.9 Å². The highest BCUT2D eigenvalue weighted by molar-refractivity contribution is 5.79.